The van der Waals surface area contributed by atoms with E-state index in [1.165, 1.54) is 4.31 Å². The maximum atomic E-state index is 14.3. The summed E-state index contributed by atoms with van der Waals surface area (Å²) < 4.78 is 49.0. The van der Waals surface area contributed by atoms with Crippen molar-refractivity contribution >= 4 is 27.1 Å². The third-order valence-corrected chi connectivity index (χ3v) is 11.6. The van der Waals surface area contributed by atoms with Gasteiger partial charge in [0.1, 0.15) is 6.10 Å². The van der Waals surface area contributed by atoms with Gasteiger partial charge in [-0.1, -0.05) is 74.5 Å². The summed E-state index contributed by atoms with van der Waals surface area (Å²) in [6.07, 6.45) is 0.179. The molecule has 2 aliphatic heterocycles. The molecule has 2 N–H and O–H groups in total. The van der Waals surface area contributed by atoms with Gasteiger partial charge >= 0.3 is 6.09 Å². The predicted molar refractivity (Wildman–Crippen MR) is 179 cm³/mol. The van der Waals surface area contributed by atoms with E-state index in [0.717, 1.165) is 17.5 Å². The lowest BCUT2D eigenvalue weighted by molar-refractivity contribution is -0.0907. The van der Waals surface area contributed by atoms with E-state index in [0.29, 0.717) is 30.6 Å². The first-order valence-corrected chi connectivity index (χ1v) is 18.0. The summed E-state index contributed by atoms with van der Waals surface area (Å²) >= 11 is 0. The first-order valence-electron chi connectivity index (χ1n) is 16.6. The van der Waals surface area contributed by atoms with Crippen LogP contribution in [0.2, 0.25) is 0 Å². The number of imidazole rings is 1. The molecule has 11 nitrogen and oxygen atoms in total. The van der Waals surface area contributed by atoms with Gasteiger partial charge in [0.05, 0.1) is 53.0 Å². The molecule has 0 bridgehead atoms. The summed E-state index contributed by atoms with van der Waals surface area (Å²) in [4.78, 5) is 18.0. The second-order valence-corrected chi connectivity index (χ2v) is 15.5. The van der Waals surface area contributed by atoms with Crippen LogP contribution in [-0.2, 0) is 30.8 Å². The van der Waals surface area contributed by atoms with Crippen molar-refractivity contribution in [3.63, 3.8) is 0 Å². The lowest BCUT2D eigenvalue weighted by Gasteiger charge is -2.32. The molecular weight excluding hydrogens is 632 g/mol. The smallest absolute Gasteiger partial charge is 0.408 e. The van der Waals surface area contributed by atoms with Gasteiger partial charge in [0.25, 0.3) is 0 Å². The molecule has 4 aromatic rings. The van der Waals surface area contributed by atoms with Gasteiger partial charge in [-0.2, -0.15) is 4.31 Å². The number of aromatic nitrogens is 2. The minimum atomic E-state index is -4.06. The zero-order chi connectivity index (χ0) is 33.5. The Labute approximate surface area is 280 Å². The zero-order valence-electron chi connectivity index (χ0n) is 27.1. The Morgan fingerprint density at radius 2 is 1.83 bits per heavy atom. The Bertz CT molecular complexity index is 1850. The van der Waals surface area contributed by atoms with E-state index < -0.39 is 33.9 Å². The van der Waals surface area contributed by atoms with Gasteiger partial charge in [-0.15, -0.1) is 0 Å². The van der Waals surface area contributed by atoms with Crippen LogP contribution in [0.5, 0.6) is 0 Å². The Kier molecular flexibility index (Phi) is 9.03. The van der Waals surface area contributed by atoms with Crippen molar-refractivity contribution in [3.05, 3.63) is 96.3 Å². The largest absolute Gasteiger partial charge is 0.443 e. The maximum absolute atomic E-state index is 14.3. The third kappa shape index (κ3) is 6.47. The molecule has 0 spiro atoms. The molecule has 12 heteroatoms. The van der Waals surface area contributed by atoms with Gasteiger partial charge in [0.2, 0.25) is 10.0 Å². The van der Waals surface area contributed by atoms with E-state index in [9.17, 15) is 18.3 Å². The first-order chi connectivity index (χ1) is 23.1. The SMILES string of the molecule is CC(C)CN(C[C@@H](O)C1(NC(=O)O[C@H]2CO[C@H]3OCC[C@H]32)C[C@H]1c1ccccc1)S(=O)(=O)c1ccc2ncn(Cc3ccccc3)c2c1. The highest BCUT2D eigenvalue weighted by Crippen LogP contribution is 2.54. The van der Waals surface area contributed by atoms with Crippen LogP contribution in [0, 0.1) is 11.8 Å². The number of aliphatic hydroxyl groups excluding tert-OH is 1. The van der Waals surface area contributed by atoms with Crippen molar-refractivity contribution in [1.82, 2.24) is 19.2 Å². The fourth-order valence-electron chi connectivity index (χ4n) is 7.16. The molecule has 3 aliphatic rings. The molecule has 254 valence electrons. The average Bonchev–Trinajstić information content (AvgIpc) is 3.35. The standard InChI is InChI=1S/C36H42N4O7S/c1-24(2)19-40(48(43,44)27-13-14-30-31(17-27)39(23-37-30)20-25-9-5-3-6-10-25)21-33(41)36(18-29(36)26-11-7-4-8-12-26)38-35(42)47-32-22-46-34-28(32)15-16-45-34/h3-14,17,23-24,28-29,32-34,41H,15-16,18-22H2,1-2H3,(H,38,42)/t28-,29-,32-,33+,34+,36?/m0/s1. The molecule has 6 atom stereocenters. The number of hydrogen-bond donors (Lipinski definition) is 2. The van der Waals surface area contributed by atoms with Crippen LogP contribution in [0.3, 0.4) is 0 Å². The minimum absolute atomic E-state index is 0.0266. The van der Waals surface area contributed by atoms with Crippen molar-refractivity contribution in [1.29, 1.82) is 0 Å². The number of amides is 1. The van der Waals surface area contributed by atoms with Crippen LogP contribution in [0.25, 0.3) is 11.0 Å². The van der Waals surface area contributed by atoms with Crippen LogP contribution in [-0.4, -0.2) is 83.8 Å². The van der Waals surface area contributed by atoms with Crippen molar-refractivity contribution in [3.8, 4) is 0 Å². The van der Waals surface area contributed by atoms with E-state index in [4.69, 9.17) is 14.2 Å². The molecule has 1 amide bonds. The van der Waals surface area contributed by atoms with Crippen LogP contribution >= 0.6 is 0 Å². The highest BCUT2D eigenvalue weighted by atomic mass is 32.2. The molecule has 2 saturated heterocycles. The summed E-state index contributed by atoms with van der Waals surface area (Å²) in [5.74, 6) is -0.286. The van der Waals surface area contributed by atoms with E-state index in [1.807, 2.05) is 79.1 Å². The summed E-state index contributed by atoms with van der Waals surface area (Å²) in [7, 11) is -4.06. The molecule has 0 radical (unpaired) electrons. The molecule has 1 aliphatic carbocycles. The average molecular weight is 675 g/mol. The van der Waals surface area contributed by atoms with E-state index in [2.05, 4.69) is 10.3 Å². The lowest BCUT2D eigenvalue weighted by Crippen LogP contribution is -2.53. The number of fused-ring (bicyclic) bond motifs is 2. The Morgan fingerprint density at radius 1 is 1.08 bits per heavy atom. The highest BCUT2D eigenvalue weighted by Gasteiger charge is 2.61. The number of ether oxygens (including phenoxy) is 3. The van der Waals surface area contributed by atoms with Gasteiger partial charge in [-0.3, -0.25) is 0 Å². The fraction of sp³-hybridized carbons (Fsp3) is 0.444. The number of benzene rings is 3. The van der Waals surface area contributed by atoms with Gasteiger partial charge < -0.3 is 29.2 Å². The zero-order valence-corrected chi connectivity index (χ0v) is 28.0. The number of nitrogens with zero attached hydrogens (tertiary/aromatic N) is 3. The van der Waals surface area contributed by atoms with Crippen molar-refractivity contribution in [2.45, 2.75) is 68.1 Å². The Hall–Kier alpha value is -3.81. The summed E-state index contributed by atoms with van der Waals surface area (Å²) in [5.41, 5.74) is 2.28. The normalized spacial score (nSPS) is 25.8. The number of sulfonamides is 1. The van der Waals surface area contributed by atoms with Crippen molar-refractivity contribution in [2.75, 3.05) is 26.3 Å². The van der Waals surface area contributed by atoms with Crippen molar-refractivity contribution < 1.29 is 32.5 Å². The van der Waals surface area contributed by atoms with Crippen LogP contribution in [0.4, 0.5) is 4.79 Å². The topological polar surface area (TPSA) is 132 Å². The molecular formula is C36H42N4O7S. The molecule has 1 aromatic heterocycles. The Morgan fingerprint density at radius 3 is 2.58 bits per heavy atom. The first kappa shape index (κ1) is 32.7. The quantitative estimate of drug-likeness (QED) is 0.225. The molecule has 48 heavy (non-hydrogen) atoms. The fourth-order valence-corrected chi connectivity index (χ4v) is 8.79. The molecule has 1 unspecified atom stereocenters. The molecule has 1 saturated carbocycles. The minimum Gasteiger partial charge on any atom is -0.443 e. The summed E-state index contributed by atoms with van der Waals surface area (Å²) in [5, 5.41) is 14.9. The van der Waals surface area contributed by atoms with Crippen molar-refractivity contribution in [2.24, 2.45) is 11.8 Å². The molecule has 7 rings (SSSR count). The second kappa shape index (κ2) is 13.2. The molecule has 3 heterocycles. The lowest BCUT2D eigenvalue weighted by atomic mass is 10.0. The van der Waals surface area contributed by atoms with Gasteiger partial charge in [0.15, 0.2) is 6.29 Å². The summed E-state index contributed by atoms with van der Waals surface area (Å²) in [6, 6.07) is 24.5. The second-order valence-electron chi connectivity index (χ2n) is 13.5. The third-order valence-electron chi connectivity index (χ3n) is 9.75. The number of aliphatic hydroxyl groups is 1. The number of alkyl carbamates (subject to hydrolysis) is 1. The number of carbonyl (C=O) groups is 1. The predicted octanol–water partition coefficient (Wildman–Crippen LogP) is 4.51. The maximum Gasteiger partial charge on any atom is 0.408 e. The van der Waals surface area contributed by atoms with Crippen LogP contribution in [0.1, 0.15) is 43.7 Å². The van der Waals surface area contributed by atoms with Crippen LogP contribution < -0.4 is 5.32 Å². The summed E-state index contributed by atoms with van der Waals surface area (Å²) in [6.45, 7) is 5.18. The van der Waals surface area contributed by atoms with Crippen LogP contribution in [0.15, 0.2) is 90.1 Å². The molecule has 3 fully saturated rings. The monoisotopic (exact) mass is 674 g/mol. The van der Waals surface area contributed by atoms with Gasteiger partial charge in [-0.25, -0.2) is 18.2 Å². The number of carbonyl (C=O) groups excluding carboxylic acids is 1. The van der Waals surface area contributed by atoms with E-state index in [1.54, 1.807) is 24.5 Å². The van der Waals surface area contributed by atoms with E-state index in [-0.39, 0.29) is 48.6 Å². The van der Waals surface area contributed by atoms with Gasteiger partial charge in [0, 0.05) is 25.6 Å². The number of nitrogens with one attached hydrogen (secondary N) is 1. The number of rotatable bonds is 12. The molecule has 3 aromatic carbocycles. The van der Waals surface area contributed by atoms with E-state index >= 15 is 0 Å². The highest BCUT2D eigenvalue weighted by molar-refractivity contribution is 7.89. The Balaban J connectivity index is 1.14. The number of hydrogen-bond acceptors (Lipinski definition) is 8. The van der Waals surface area contributed by atoms with Gasteiger partial charge in [-0.05, 0) is 48.1 Å².